The molecular weight excluding hydrogens is 613 g/mol. The molecule has 10 nitrogen and oxygen atoms in total. The maximum atomic E-state index is 15.2. The number of aromatic nitrogens is 3. The largest absolute Gasteiger partial charge is 0.489 e. The molecule has 0 radical (unpaired) electrons. The van der Waals surface area contributed by atoms with Crippen molar-refractivity contribution >= 4 is 34.3 Å². The van der Waals surface area contributed by atoms with E-state index >= 15 is 4.39 Å². The Morgan fingerprint density at radius 2 is 1.98 bits per heavy atom. The molecule has 4 aliphatic rings. The Morgan fingerprint density at radius 1 is 1.20 bits per heavy atom. The van der Waals surface area contributed by atoms with Gasteiger partial charge in [-0.2, -0.15) is 5.10 Å². The van der Waals surface area contributed by atoms with Crippen LogP contribution in [-0.2, 0) is 15.8 Å². The van der Waals surface area contributed by atoms with Crippen LogP contribution in [0.1, 0.15) is 73.1 Å². The predicted molar refractivity (Wildman–Crippen MR) is 167 cm³/mol. The second-order valence-corrected chi connectivity index (χ2v) is 13.7. The van der Waals surface area contributed by atoms with E-state index in [1.807, 2.05) is 10.9 Å². The first kappa shape index (κ1) is 29.2. The molecule has 0 bridgehead atoms. The van der Waals surface area contributed by atoms with Gasteiger partial charge in [0.15, 0.2) is 0 Å². The molecule has 3 aliphatic carbocycles. The molecule has 3 fully saturated rings. The first-order valence-corrected chi connectivity index (χ1v) is 16.1. The number of nitrogens with zero attached hydrogens (tertiary/aromatic N) is 3. The van der Waals surface area contributed by atoms with Crippen LogP contribution in [0.3, 0.4) is 0 Å². The summed E-state index contributed by atoms with van der Waals surface area (Å²) in [5, 5.41) is 21.0. The number of aliphatic hydroxyl groups is 1. The van der Waals surface area contributed by atoms with Crippen LogP contribution in [0.4, 0.5) is 4.39 Å². The number of nitrogens with one attached hydrogen (secondary N) is 1. The number of amides is 2. The van der Waals surface area contributed by atoms with Gasteiger partial charge in [-0.05, 0) is 87.8 Å². The predicted octanol–water partition coefficient (Wildman–Crippen LogP) is 4.93. The zero-order chi connectivity index (χ0) is 32.0. The third kappa shape index (κ3) is 4.96. The third-order valence-corrected chi connectivity index (χ3v) is 9.84. The van der Waals surface area contributed by atoms with E-state index in [1.165, 1.54) is 18.2 Å². The van der Waals surface area contributed by atoms with Crippen molar-refractivity contribution in [1.29, 1.82) is 0 Å². The van der Waals surface area contributed by atoms with E-state index < -0.39 is 28.6 Å². The minimum atomic E-state index is -1.63. The number of benzene rings is 2. The number of carbonyl (C=O) groups excluding carboxylic acids is 2. The molecule has 238 valence electrons. The number of nitrogens with two attached hydrogens (primary N) is 1. The highest BCUT2D eigenvalue weighted by molar-refractivity contribution is 6.30. The normalized spacial score (nSPS) is 21.8. The van der Waals surface area contributed by atoms with Gasteiger partial charge in [0.05, 0.1) is 24.4 Å². The Morgan fingerprint density at radius 3 is 2.67 bits per heavy atom. The Kier molecular flexibility index (Phi) is 6.60. The van der Waals surface area contributed by atoms with Crippen LogP contribution in [0.15, 0.2) is 42.6 Å². The third-order valence-electron chi connectivity index (χ3n) is 9.61. The Bertz CT molecular complexity index is 1940. The quantitative estimate of drug-likeness (QED) is 0.222. The van der Waals surface area contributed by atoms with E-state index in [1.54, 1.807) is 25.1 Å². The molecule has 2 aromatic carbocycles. The van der Waals surface area contributed by atoms with Crippen molar-refractivity contribution in [2.24, 2.45) is 11.7 Å². The summed E-state index contributed by atoms with van der Waals surface area (Å²) in [5.41, 5.74) is 4.79. The molecule has 8 rings (SSSR count). The van der Waals surface area contributed by atoms with Crippen molar-refractivity contribution < 1.29 is 28.6 Å². The summed E-state index contributed by atoms with van der Waals surface area (Å²) in [6.45, 7) is 1.40. The fourth-order valence-corrected chi connectivity index (χ4v) is 6.40. The molecular formula is C34H33ClFN5O5. The van der Waals surface area contributed by atoms with Gasteiger partial charge in [-0.1, -0.05) is 11.6 Å². The molecule has 3 saturated carbocycles. The Hall–Kier alpha value is -4.22. The standard InChI is InChI=1S/C34H33ClFN5O5/c1-33(32(37)43)16-45-30-24(33)13-27(39-29(30)23-12-20(35)4-9-25(23)36)34(44,19-2-3-19)15-38-31(42)17-10-18-14-41(21-5-6-21)40-28(18)26(11-17)46-22-7-8-22/h4,9-14,19,21-22,44H,2-3,5-8,15-16H2,1H3,(H2,37,43)(H,38,42)/t33-,34+/m0/s1. The number of hydrogen-bond donors (Lipinski definition) is 3. The van der Waals surface area contributed by atoms with Crippen molar-refractivity contribution in [1.82, 2.24) is 20.1 Å². The van der Waals surface area contributed by atoms with E-state index in [-0.39, 0.29) is 52.9 Å². The van der Waals surface area contributed by atoms with Crippen LogP contribution >= 0.6 is 11.6 Å². The van der Waals surface area contributed by atoms with E-state index in [2.05, 4.69) is 5.32 Å². The number of rotatable bonds is 10. The topological polar surface area (TPSA) is 142 Å². The van der Waals surface area contributed by atoms with Gasteiger partial charge in [0.1, 0.15) is 46.1 Å². The number of fused-ring (bicyclic) bond motifs is 2. The summed E-state index contributed by atoms with van der Waals surface area (Å²) in [7, 11) is 0. The van der Waals surface area contributed by atoms with Crippen molar-refractivity contribution in [3.05, 3.63) is 70.3 Å². The number of primary amides is 1. The maximum Gasteiger partial charge on any atom is 0.251 e. The molecule has 12 heteroatoms. The summed E-state index contributed by atoms with van der Waals surface area (Å²) in [6, 6.07) is 9.54. The van der Waals surface area contributed by atoms with Crippen LogP contribution < -0.4 is 20.5 Å². The molecule has 3 heterocycles. The molecule has 4 aromatic rings. The van der Waals surface area contributed by atoms with Gasteiger partial charge in [0.25, 0.3) is 5.91 Å². The van der Waals surface area contributed by atoms with Gasteiger partial charge < -0.3 is 25.6 Å². The summed E-state index contributed by atoms with van der Waals surface area (Å²) in [6.07, 6.45) is 7.54. The Labute approximate surface area is 269 Å². The lowest BCUT2D eigenvalue weighted by Gasteiger charge is -2.30. The zero-order valence-corrected chi connectivity index (χ0v) is 25.9. The van der Waals surface area contributed by atoms with Crippen molar-refractivity contribution in [3.8, 4) is 22.8 Å². The molecule has 0 unspecified atom stereocenters. The first-order chi connectivity index (χ1) is 22.0. The Balaban J connectivity index is 1.16. The maximum absolute atomic E-state index is 15.2. The number of ether oxygens (including phenoxy) is 2. The molecule has 2 aromatic heterocycles. The van der Waals surface area contributed by atoms with E-state index in [4.69, 9.17) is 36.9 Å². The van der Waals surface area contributed by atoms with Crippen LogP contribution in [0.5, 0.6) is 11.5 Å². The summed E-state index contributed by atoms with van der Waals surface area (Å²) >= 11 is 6.24. The smallest absolute Gasteiger partial charge is 0.251 e. The van der Waals surface area contributed by atoms with Crippen LogP contribution in [0.2, 0.25) is 5.02 Å². The van der Waals surface area contributed by atoms with Crippen LogP contribution in [0.25, 0.3) is 22.2 Å². The van der Waals surface area contributed by atoms with Crippen molar-refractivity contribution in [2.45, 2.75) is 68.6 Å². The number of halogens is 2. The van der Waals surface area contributed by atoms with Gasteiger partial charge in [0.2, 0.25) is 5.91 Å². The van der Waals surface area contributed by atoms with E-state index in [0.29, 0.717) is 35.8 Å². The SMILES string of the molecule is C[C@]1(C(N)=O)COc2c1cc([C@@](O)(CNC(=O)c1cc(OC3CC3)c3nn(C4CC4)cc3c1)C1CC1)nc2-c1cc(Cl)ccc1F. The zero-order valence-electron chi connectivity index (χ0n) is 25.2. The molecule has 2 atom stereocenters. The molecule has 1 aliphatic heterocycles. The van der Waals surface area contributed by atoms with Crippen LogP contribution in [-0.4, -0.2) is 50.9 Å². The second-order valence-electron chi connectivity index (χ2n) is 13.3. The molecule has 0 saturated heterocycles. The van der Waals surface area contributed by atoms with E-state index in [9.17, 15) is 14.7 Å². The van der Waals surface area contributed by atoms with E-state index in [0.717, 1.165) is 36.6 Å². The fourth-order valence-electron chi connectivity index (χ4n) is 6.23. The second kappa shape index (κ2) is 10.4. The molecule has 46 heavy (non-hydrogen) atoms. The monoisotopic (exact) mass is 645 g/mol. The van der Waals surface area contributed by atoms with Gasteiger partial charge in [-0.25, -0.2) is 9.37 Å². The lowest BCUT2D eigenvalue weighted by molar-refractivity contribution is -0.123. The number of pyridine rings is 1. The summed E-state index contributed by atoms with van der Waals surface area (Å²) in [4.78, 5) is 31.1. The highest BCUT2D eigenvalue weighted by Gasteiger charge is 2.50. The highest BCUT2D eigenvalue weighted by Crippen LogP contribution is 2.50. The minimum absolute atomic E-state index is 0.0599. The first-order valence-electron chi connectivity index (χ1n) is 15.7. The highest BCUT2D eigenvalue weighted by atomic mass is 35.5. The van der Waals surface area contributed by atoms with Crippen LogP contribution in [0, 0.1) is 11.7 Å². The van der Waals surface area contributed by atoms with Crippen molar-refractivity contribution in [2.75, 3.05) is 13.2 Å². The number of carbonyl (C=O) groups is 2. The van der Waals surface area contributed by atoms with Crippen molar-refractivity contribution in [3.63, 3.8) is 0 Å². The van der Waals surface area contributed by atoms with Gasteiger partial charge in [0, 0.05) is 33.3 Å². The molecule has 2 amide bonds. The number of hydrogen-bond acceptors (Lipinski definition) is 7. The fraction of sp³-hybridized carbons (Fsp3) is 0.412. The van der Waals surface area contributed by atoms with Gasteiger partial charge >= 0.3 is 0 Å². The summed E-state index contributed by atoms with van der Waals surface area (Å²) in [5.74, 6) is -1.08. The lowest BCUT2D eigenvalue weighted by Crippen LogP contribution is -2.44. The average molecular weight is 646 g/mol. The molecule has 4 N–H and O–H groups in total. The van der Waals surface area contributed by atoms with Gasteiger partial charge in [-0.3, -0.25) is 14.3 Å². The lowest BCUT2D eigenvalue weighted by atomic mass is 9.81. The summed E-state index contributed by atoms with van der Waals surface area (Å²) < 4.78 is 29.2. The average Bonchev–Trinajstić information content (AvgIpc) is 3.92. The molecule has 0 spiro atoms. The minimum Gasteiger partial charge on any atom is -0.489 e. The van der Waals surface area contributed by atoms with Gasteiger partial charge in [-0.15, -0.1) is 0 Å².